The van der Waals surface area contributed by atoms with Crippen LogP contribution >= 0.6 is 0 Å². The number of nitriles is 1. The lowest BCUT2D eigenvalue weighted by molar-refractivity contribution is 0.0526. The zero-order chi connectivity index (χ0) is 23.0. The number of aliphatic hydroxyl groups is 1. The van der Waals surface area contributed by atoms with E-state index in [-0.39, 0.29) is 11.7 Å². The van der Waals surface area contributed by atoms with E-state index < -0.39 is 11.5 Å². The lowest BCUT2D eigenvalue weighted by Gasteiger charge is -2.38. The van der Waals surface area contributed by atoms with Crippen LogP contribution in [0.2, 0.25) is 0 Å². The van der Waals surface area contributed by atoms with Crippen LogP contribution in [0, 0.1) is 23.1 Å². The molecule has 0 aliphatic carbocycles. The Kier molecular flexibility index (Phi) is 8.63. The van der Waals surface area contributed by atoms with Crippen LogP contribution in [0.5, 0.6) is 5.75 Å². The second-order valence-corrected chi connectivity index (χ2v) is 8.91. The van der Waals surface area contributed by atoms with Gasteiger partial charge in [-0.2, -0.15) is 5.26 Å². The summed E-state index contributed by atoms with van der Waals surface area (Å²) in [7, 11) is 0. The van der Waals surface area contributed by atoms with Crippen molar-refractivity contribution < 1.29 is 14.2 Å². The van der Waals surface area contributed by atoms with Gasteiger partial charge in [0.15, 0.2) is 0 Å². The molecule has 1 saturated heterocycles. The highest BCUT2D eigenvalue weighted by atomic mass is 19.1. The van der Waals surface area contributed by atoms with Crippen LogP contribution in [0.3, 0.4) is 0 Å². The molecule has 0 aromatic heterocycles. The third-order valence-corrected chi connectivity index (χ3v) is 6.46. The molecule has 1 fully saturated rings. The molecular weight excluding hydrogens is 405 g/mol. The van der Waals surface area contributed by atoms with Crippen molar-refractivity contribution in [3.05, 3.63) is 66.0 Å². The summed E-state index contributed by atoms with van der Waals surface area (Å²) in [6, 6.07) is 18.4. The van der Waals surface area contributed by atoms with Gasteiger partial charge in [0.2, 0.25) is 0 Å². The summed E-state index contributed by atoms with van der Waals surface area (Å²) in [5.74, 6) is 0.514. The molecule has 1 heterocycles. The zero-order valence-electron chi connectivity index (χ0n) is 19.1. The summed E-state index contributed by atoms with van der Waals surface area (Å²) >= 11 is 0. The molecule has 0 saturated carbocycles. The molecule has 2 aromatic rings. The van der Waals surface area contributed by atoms with E-state index in [0.29, 0.717) is 25.3 Å². The number of aliphatic hydroxyl groups excluding tert-OH is 1. The van der Waals surface area contributed by atoms with E-state index in [9.17, 15) is 14.8 Å². The molecule has 2 unspecified atom stereocenters. The van der Waals surface area contributed by atoms with E-state index in [1.54, 1.807) is 12.1 Å². The van der Waals surface area contributed by atoms with Gasteiger partial charge in [0, 0.05) is 39.3 Å². The van der Waals surface area contributed by atoms with Gasteiger partial charge < -0.3 is 9.84 Å². The number of halogens is 1. The van der Waals surface area contributed by atoms with Crippen molar-refractivity contribution in [1.29, 1.82) is 5.26 Å². The molecule has 2 aromatic carbocycles. The van der Waals surface area contributed by atoms with Gasteiger partial charge in [-0.15, -0.1) is 0 Å². The monoisotopic (exact) mass is 439 g/mol. The Morgan fingerprint density at radius 1 is 1.03 bits per heavy atom. The molecule has 32 heavy (non-hydrogen) atoms. The summed E-state index contributed by atoms with van der Waals surface area (Å²) in [5.41, 5.74) is 0.280. The third-order valence-electron chi connectivity index (χ3n) is 6.46. The standard InChI is InChI=1S/C26H34FN3O2/c1-21(2)26(20-28,22-6-4-3-5-7-22)18-24(31)19-30-14-12-29(13-15-30)16-17-32-25-10-8-23(27)9-11-25/h3-11,21,24,31H,12-19H2,1-2H3. The fourth-order valence-corrected chi connectivity index (χ4v) is 4.41. The van der Waals surface area contributed by atoms with E-state index in [0.717, 1.165) is 38.3 Å². The highest BCUT2D eigenvalue weighted by Crippen LogP contribution is 2.36. The quantitative estimate of drug-likeness (QED) is 0.612. The minimum absolute atomic E-state index is 0.0995. The van der Waals surface area contributed by atoms with Crippen LogP contribution < -0.4 is 4.74 Å². The van der Waals surface area contributed by atoms with E-state index in [2.05, 4.69) is 29.7 Å². The molecular formula is C26H34FN3O2. The number of nitrogens with zero attached hydrogens (tertiary/aromatic N) is 3. The zero-order valence-corrected chi connectivity index (χ0v) is 19.1. The maximum Gasteiger partial charge on any atom is 0.123 e. The molecule has 172 valence electrons. The van der Waals surface area contributed by atoms with Crippen LogP contribution in [-0.4, -0.2) is 66.9 Å². The molecule has 5 nitrogen and oxygen atoms in total. The molecule has 1 aliphatic rings. The van der Waals surface area contributed by atoms with Crippen LogP contribution in [0.1, 0.15) is 25.8 Å². The fourth-order valence-electron chi connectivity index (χ4n) is 4.41. The maximum atomic E-state index is 13.0. The second kappa shape index (κ2) is 11.4. The number of hydrogen-bond acceptors (Lipinski definition) is 5. The largest absolute Gasteiger partial charge is 0.492 e. The van der Waals surface area contributed by atoms with Crippen molar-refractivity contribution in [2.24, 2.45) is 5.92 Å². The number of ether oxygens (including phenoxy) is 1. The van der Waals surface area contributed by atoms with Gasteiger partial charge in [0.05, 0.1) is 17.6 Å². The summed E-state index contributed by atoms with van der Waals surface area (Å²) < 4.78 is 18.7. The first-order valence-corrected chi connectivity index (χ1v) is 11.4. The van der Waals surface area contributed by atoms with E-state index in [1.807, 2.05) is 30.3 Å². The maximum absolute atomic E-state index is 13.0. The van der Waals surface area contributed by atoms with Gasteiger partial charge >= 0.3 is 0 Å². The first kappa shape index (κ1) is 24.2. The van der Waals surface area contributed by atoms with E-state index in [1.165, 1.54) is 12.1 Å². The fraction of sp³-hybridized carbons (Fsp3) is 0.500. The second-order valence-electron chi connectivity index (χ2n) is 8.91. The smallest absolute Gasteiger partial charge is 0.123 e. The predicted molar refractivity (Wildman–Crippen MR) is 124 cm³/mol. The first-order chi connectivity index (χ1) is 15.4. The van der Waals surface area contributed by atoms with Crippen molar-refractivity contribution >= 4 is 0 Å². The summed E-state index contributed by atoms with van der Waals surface area (Å²) in [6.45, 7) is 9.61. The van der Waals surface area contributed by atoms with Gasteiger partial charge in [-0.1, -0.05) is 44.2 Å². The lowest BCUT2D eigenvalue weighted by atomic mass is 9.69. The molecule has 2 atom stereocenters. The molecule has 6 heteroatoms. The molecule has 0 radical (unpaired) electrons. The Morgan fingerprint density at radius 2 is 1.66 bits per heavy atom. The van der Waals surface area contributed by atoms with Gasteiger partial charge in [-0.05, 0) is 42.2 Å². The van der Waals surface area contributed by atoms with Crippen molar-refractivity contribution in [3.8, 4) is 11.8 Å². The lowest BCUT2D eigenvalue weighted by Crippen LogP contribution is -2.50. The molecule has 0 amide bonds. The van der Waals surface area contributed by atoms with Crippen LogP contribution in [0.15, 0.2) is 54.6 Å². The van der Waals surface area contributed by atoms with Crippen LogP contribution in [0.25, 0.3) is 0 Å². The molecule has 0 bridgehead atoms. The average Bonchev–Trinajstić information content (AvgIpc) is 2.80. The highest BCUT2D eigenvalue weighted by molar-refractivity contribution is 5.33. The SMILES string of the molecule is CC(C)C(C#N)(CC(O)CN1CCN(CCOc2ccc(F)cc2)CC1)c1ccccc1. The molecule has 3 rings (SSSR count). The van der Waals surface area contributed by atoms with E-state index >= 15 is 0 Å². The summed E-state index contributed by atoms with van der Waals surface area (Å²) in [5, 5.41) is 20.9. The topological polar surface area (TPSA) is 59.7 Å². The van der Waals surface area contributed by atoms with Crippen LogP contribution in [0.4, 0.5) is 4.39 Å². The Balaban J connectivity index is 1.45. The highest BCUT2D eigenvalue weighted by Gasteiger charge is 2.38. The Labute approximate surface area is 191 Å². The summed E-state index contributed by atoms with van der Waals surface area (Å²) in [6.07, 6.45) is -0.137. The van der Waals surface area contributed by atoms with Crippen molar-refractivity contribution in [3.63, 3.8) is 0 Å². The Hall–Kier alpha value is -2.46. The molecule has 1 aliphatic heterocycles. The number of piperazine rings is 1. The number of hydrogen-bond donors (Lipinski definition) is 1. The number of rotatable bonds is 10. The first-order valence-electron chi connectivity index (χ1n) is 11.4. The average molecular weight is 440 g/mol. The Bertz CT molecular complexity index is 861. The van der Waals surface area contributed by atoms with Crippen LogP contribution in [-0.2, 0) is 5.41 Å². The van der Waals surface area contributed by atoms with Gasteiger partial charge in [0.1, 0.15) is 18.2 Å². The summed E-state index contributed by atoms with van der Waals surface area (Å²) in [4.78, 5) is 4.61. The normalized spacial score (nSPS) is 18.1. The molecule has 0 spiro atoms. The van der Waals surface area contributed by atoms with Gasteiger partial charge in [-0.3, -0.25) is 9.80 Å². The predicted octanol–water partition coefficient (Wildman–Crippen LogP) is 3.69. The number of β-amino-alcohol motifs (C(OH)–C–C–N with tert-alkyl or cyclic N) is 1. The van der Waals surface area contributed by atoms with Gasteiger partial charge in [-0.25, -0.2) is 4.39 Å². The minimum atomic E-state index is -0.694. The third kappa shape index (κ3) is 6.29. The minimum Gasteiger partial charge on any atom is -0.492 e. The molecule has 1 N–H and O–H groups in total. The van der Waals surface area contributed by atoms with Crippen molar-refractivity contribution in [2.45, 2.75) is 31.8 Å². The van der Waals surface area contributed by atoms with Gasteiger partial charge in [0.25, 0.3) is 0 Å². The Morgan fingerprint density at radius 3 is 2.25 bits per heavy atom. The van der Waals surface area contributed by atoms with Crippen molar-refractivity contribution in [1.82, 2.24) is 9.80 Å². The van der Waals surface area contributed by atoms with E-state index in [4.69, 9.17) is 4.74 Å². The number of benzene rings is 2. The van der Waals surface area contributed by atoms with Crippen molar-refractivity contribution in [2.75, 3.05) is 45.9 Å².